The van der Waals surface area contributed by atoms with E-state index in [-0.39, 0.29) is 64.1 Å². The number of benzene rings is 3. The topological polar surface area (TPSA) is 292 Å². The third kappa shape index (κ3) is 7.37. The highest BCUT2D eigenvalue weighted by atomic mass is 16.7. The lowest BCUT2D eigenvalue weighted by Crippen LogP contribution is -2.59. The van der Waals surface area contributed by atoms with Crippen LogP contribution in [0.15, 0.2) is 48.7 Å². The van der Waals surface area contributed by atoms with Crippen molar-refractivity contribution in [1.29, 1.82) is 0 Å². The molecule has 4 aromatic rings. The Balaban J connectivity index is 1.02. The Morgan fingerprint density at radius 2 is 1.75 bits per heavy atom. The van der Waals surface area contributed by atoms with Gasteiger partial charge in [-0.1, -0.05) is 18.2 Å². The molecule has 3 amide bonds. The van der Waals surface area contributed by atoms with Gasteiger partial charge < -0.3 is 60.4 Å². The molecule has 3 heterocycles. The maximum atomic E-state index is 14.0. The highest BCUT2D eigenvalue weighted by molar-refractivity contribution is 6.31. The first kappa shape index (κ1) is 44.1. The number of aliphatic hydroxyl groups excluding tert-OH is 2. The molecule has 64 heavy (non-hydrogen) atoms. The molecule has 0 radical (unpaired) electrons. The molecule has 0 spiro atoms. The molecule has 8 atom stereocenters. The van der Waals surface area contributed by atoms with E-state index in [9.17, 15) is 59.4 Å². The van der Waals surface area contributed by atoms with Crippen LogP contribution in [0.3, 0.4) is 0 Å². The lowest BCUT2D eigenvalue weighted by atomic mass is 9.72. The first-order valence-electron chi connectivity index (χ1n) is 20.7. The number of pyridine rings is 1. The third-order valence-electron chi connectivity index (χ3n) is 12.6. The van der Waals surface area contributed by atoms with E-state index in [0.29, 0.717) is 11.9 Å². The number of nitrogens with one attached hydrogen (secondary N) is 2. The summed E-state index contributed by atoms with van der Waals surface area (Å²) in [6, 6.07) is 7.14. The molecule has 8 N–H and O–H groups in total. The van der Waals surface area contributed by atoms with Gasteiger partial charge in [-0.25, -0.2) is 0 Å². The van der Waals surface area contributed by atoms with E-state index in [1.807, 2.05) is 0 Å². The zero-order chi connectivity index (χ0) is 45.9. The highest BCUT2D eigenvalue weighted by Crippen LogP contribution is 2.52. The van der Waals surface area contributed by atoms with Crippen LogP contribution in [0.2, 0.25) is 0 Å². The van der Waals surface area contributed by atoms with Crippen molar-refractivity contribution in [2.24, 2.45) is 0 Å². The Morgan fingerprint density at radius 3 is 2.48 bits per heavy atom. The van der Waals surface area contributed by atoms with Crippen molar-refractivity contribution in [1.82, 2.24) is 20.5 Å². The van der Waals surface area contributed by atoms with Crippen LogP contribution in [-0.2, 0) is 30.3 Å². The average molecular weight is 883 g/mol. The van der Waals surface area contributed by atoms with Crippen molar-refractivity contribution >= 4 is 46.0 Å². The number of nitrogens with zero attached hydrogens (tertiary/aromatic N) is 2. The Bertz CT molecular complexity index is 2630. The second-order valence-electron chi connectivity index (χ2n) is 16.5. The molecule has 19 heteroatoms. The van der Waals surface area contributed by atoms with Crippen LogP contribution in [0, 0.1) is 0 Å². The molecule has 2 aliphatic carbocycles. The first-order valence-corrected chi connectivity index (χ1v) is 20.7. The lowest BCUT2D eigenvalue weighted by Gasteiger charge is -2.43. The normalized spacial score (nSPS) is 25.5. The number of carbonyl (C=O) groups is 6. The van der Waals surface area contributed by atoms with Gasteiger partial charge in [-0.15, -0.1) is 0 Å². The maximum Gasteiger partial charge on any atom is 0.252 e. The van der Waals surface area contributed by atoms with Crippen molar-refractivity contribution < 1.29 is 73.6 Å². The summed E-state index contributed by atoms with van der Waals surface area (Å²) in [6.07, 6.45) is -4.64. The van der Waals surface area contributed by atoms with Crippen molar-refractivity contribution in [3.8, 4) is 23.0 Å². The van der Waals surface area contributed by atoms with Gasteiger partial charge in [-0.05, 0) is 51.0 Å². The van der Waals surface area contributed by atoms with Crippen molar-refractivity contribution in [3.05, 3.63) is 87.6 Å². The number of aromatic nitrogens is 1. The van der Waals surface area contributed by atoms with Gasteiger partial charge in [0.1, 0.15) is 53.4 Å². The van der Waals surface area contributed by atoms with Crippen molar-refractivity contribution in [3.63, 3.8) is 0 Å². The van der Waals surface area contributed by atoms with E-state index in [1.54, 1.807) is 12.1 Å². The molecule has 0 bridgehead atoms. The fourth-order valence-electron chi connectivity index (χ4n) is 9.40. The standard InChI is InChI=1S/C45H46N4O15/c1-19(47-42(58)22-12-13-46-24-8-5-10-27(51)32(22)24)44(60)49-14-6-9-26(49)43(59)48-25-15-31(63-20(2)37(25)53)64-29-17-45(61,30(52)18-50)16-23-34(29)41(57)36-35(39(23)55)38(54)21-7-4-11-28(62-3)33(21)40(36)56/h4-5,7-8,10-13,19-20,25-26,29,31,37,50-51,53,55,57,61H,6,9,14-18H2,1-3H3,(H,47,58)(H,48,59)/t19-,20?,25?,26+,29?,31?,37?,45+/m1/s1. The number of hydrogen-bond acceptors (Lipinski definition) is 16. The summed E-state index contributed by atoms with van der Waals surface area (Å²) in [5, 5.41) is 72.4. The summed E-state index contributed by atoms with van der Waals surface area (Å²) >= 11 is 0. The van der Waals surface area contributed by atoms with Crippen LogP contribution < -0.4 is 15.4 Å². The zero-order valence-electron chi connectivity index (χ0n) is 34.9. The fourth-order valence-corrected chi connectivity index (χ4v) is 9.40. The van der Waals surface area contributed by atoms with E-state index in [2.05, 4.69) is 15.6 Å². The van der Waals surface area contributed by atoms with E-state index >= 15 is 0 Å². The van der Waals surface area contributed by atoms with Crippen LogP contribution in [0.25, 0.3) is 10.9 Å². The SMILES string of the molecule is COc1cccc2c1C(=O)c1c(O)c3c(c(O)c1C2=O)C[C@@](O)(C(=O)CO)CC3OC1CC(NC(=O)[C@@H]2CCCN2C(=O)[C@@H](C)NC(=O)c2ccnc3cccc(O)c23)C(O)C(C)O1. The molecule has 1 aromatic heterocycles. The minimum Gasteiger partial charge on any atom is -0.507 e. The fraction of sp³-hybridized carbons (Fsp3) is 0.400. The second kappa shape index (κ2) is 16.9. The number of rotatable bonds is 10. The van der Waals surface area contributed by atoms with Crippen LogP contribution in [0.4, 0.5) is 0 Å². The largest absolute Gasteiger partial charge is 0.507 e. The van der Waals surface area contributed by atoms with Gasteiger partial charge in [0.15, 0.2) is 17.9 Å². The van der Waals surface area contributed by atoms with Gasteiger partial charge in [-0.3, -0.25) is 33.8 Å². The molecule has 336 valence electrons. The Kier molecular flexibility index (Phi) is 11.6. The van der Waals surface area contributed by atoms with E-state index in [0.717, 1.165) is 0 Å². The zero-order valence-corrected chi connectivity index (χ0v) is 34.9. The van der Waals surface area contributed by atoms with E-state index < -0.39 is 125 Å². The molecule has 4 aliphatic rings. The van der Waals surface area contributed by atoms with Crippen LogP contribution >= 0.6 is 0 Å². The predicted octanol–water partition coefficient (Wildman–Crippen LogP) is 1.22. The molecule has 19 nitrogen and oxygen atoms in total. The van der Waals surface area contributed by atoms with Crippen LogP contribution in [0.5, 0.6) is 23.0 Å². The average Bonchev–Trinajstić information content (AvgIpc) is 3.77. The van der Waals surface area contributed by atoms with E-state index in [1.165, 1.54) is 62.4 Å². The minimum absolute atomic E-state index is 0.0354. The molecule has 0 saturated carbocycles. The number of carbonyl (C=O) groups excluding carboxylic acids is 6. The van der Waals surface area contributed by atoms with Gasteiger partial charge in [0.05, 0.1) is 58.5 Å². The van der Waals surface area contributed by atoms with Crippen molar-refractivity contribution in [2.75, 3.05) is 20.3 Å². The number of methoxy groups -OCH3 is 1. The number of likely N-dealkylation sites (tertiary alicyclic amines) is 1. The first-order chi connectivity index (χ1) is 30.5. The molecule has 8 rings (SSSR count). The summed E-state index contributed by atoms with van der Waals surface area (Å²) in [5.41, 5.74) is -3.84. The Hall–Kier alpha value is -6.51. The predicted molar refractivity (Wildman–Crippen MR) is 221 cm³/mol. The van der Waals surface area contributed by atoms with Crippen LogP contribution in [0.1, 0.15) is 99.0 Å². The van der Waals surface area contributed by atoms with Gasteiger partial charge in [0.25, 0.3) is 5.91 Å². The Labute approximate surface area is 364 Å². The maximum absolute atomic E-state index is 14.0. The second-order valence-corrected chi connectivity index (χ2v) is 16.5. The number of phenolic OH excluding ortho intramolecular Hbond substituents is 3. The summed E-state index contributed by atoms with van der Waals surface area (Å²) in [7, 11) is 1.29. The lowest BCUT2D eigenvalue weighted by molar-refractivity contribution is -0.249. The number of phenols is 3. The number of ketones is 3. The van der Waals surface area contributed by atoms with Gasteiger partial charge in [-0.2, -0.15) is 0 Å². The quantitative estimate of drug-likeness (QED) is 0.0915. The highest BCUT2D eigenvalue weighted by Gasteiger charge is 2.51. The van der Waals surface area contributed by atoms with E-state index in [4.69, 9.17) is 14.2 Å². The number of ether oxygens (including phenoxy) is 3. The summed E-state index contributed by atoms with van der Waals surface area (Å²) in [4.78, 5) is 87.5. The number of amides is 3. The number of aromatic hydroxyl groups is 3. The van der Waals surface area contributed by atoms with Gasteiger partial charge in [0, 0.05) is 48.7 Å². The monoisotopic (exact) mass is 882 g/mol. The number of hydrogen-bond donors (Lipinski definition) is 8. The minimum atomic E-state index is -2.40. The summed E-state index contributed by atoms with van der Waals surface area (Å²) in [6.45, 7) is 2.04. The molecular formula is C45H46N4O15. The number of Topliss-reactive ketones (excluding diaryl/α,β-unsaturated/α-hetero) is 1. The molecular weight excluding hydrogens is 837 g/mol. The van der Waals surface area contributed by atoms with Crippen molar-refractivity contribution in [2.45, 2.75) is 94.3 Å². The molecule has 2 aliphatic heterocycles. The van der Waals surface area contributed by atoms with Gasteiger partial charge >= 0.3 is 0 Å². The number of fused-ring (bicyclic) bond motifs is 4. The smallest absolute Gasteiger partial charge is 0.252 e. The number of aliphatic hydroxyl groups is 3. The molecule has 5 unspecified atom stereocenters. The summed E-state index contributed by atoms with van der Waals surface area (Å²) < 4.78 is 17.6. The molecule has 2 saturated heterocycles. The molecule has 2 fully saturated rings. The van der Waals surface area contributed by atoms with Gasteiger partial charge in [0.2, 0.25) is 17.6 Å². The Morgan fingerprint density at radius 1 is 1.02 bits per heavy atom. The third-order valence-corrected chi connectivity index (χ3v) is 12.6. The molecule has 3 aromatic carbocycles. The summed E-state index contributed by atoms with van der Waals surface area (Å²) in [5.74, 6) is -6.25. The van der Waals surface area contributed by atoms with Crippen LogP contribution in [-0.4, -0.2) is 138 Å².